The maximum atomic E-state index is 4.55. The molecule has 0 aliphatic carbocycles. The molecule has 0 radical (unpaired) electrons. The molecule has 3 rings (SSSR count). The van der Waals surface area contributed by atoms with Crippen molar-refractivity contribution in [3.63, 3.8) is 0 Å². The highest BCUT2D eigenvalue weighted by atomic mass is 15.2. The van der Waals surface area contributed by atoms with Crippen LogP contribution in [0.25, 0.3) is 0 Å². The first-order valence-electron chi connectivity index (χ1n) is 8.16. The lowest BCUT2D eigenvalue weighted by atomic mass is 10.1. The fraction of sp³-hybridized carbons (Fsp3) is 0.200. The van der Waals surface area contributed by atoms with Crippen LogP contribution in [-0.4, -0.2) is 17.0 Å². The lowest BCUT2D eigenvalue weighted by molar-refractivity contribution is 1.02. The normalized spacial score (nSPS) is 10.5. The van der Waals surface area contributed by atoms with Gasteiger partial charge in [0.05, 0.1) is 0 Å². The van der Waals surface area contributed by atoms with Gasteiger partial charge < -0.3 is 10.2 Å². The molecule has 1 N–H and O–H groups in total. The van der Waals surface area contributed by atoms with Crippen LogP contribution in [0.2, 0.25) is 0 Å². The van der Waals surface area contributed by atoms with Gasteiger partial charge in [0.2, 0.25) is 0 Å². The van der Waals surface area contributed by atoms with E-state index in [0.29, 0.717) is 0 Å². The number of hydrogen-bond acceptors (Lipinski definition) is 4. The highest BCUT2D eigenvalue weighted by molar-refractivity contribution is 5.64. The Labute approximate surface area is 143 Å². The SMILES string of the molecule is CCc1ccc(Nc2cc(N(C)c3ccccc3)nc(C)n2)cc1. The van der Waals surface area contributed by atoms with E-state index in [1.807, 2.05) is 38.2 Å². The average Bonchev–Trinajstić information content (AvgIpc) is 2.62. The van der Waals surface area contributed by atoms with E-state index in [2.05, 4.69) is 63.5 Å². The van der Waals surface area contributed by atoms with E-state index in [4.69, 9.17) is 0 Å². The number of hydrogen-bond donors (Lipinski definition) is 1. The van der Waals surface area contributed by atoms with Crippen molar-refractivity contribution in [2.75, 3.05) is 17.3 Å². The van der Waals surface area contributed by atoms with E-state index in [1.165, 1.54) is 5.56 Å². The van der Waals surface area contributed by atoms with Crippen LogP contribution < -0.4 is 10.2 Å². The molecule has 0 saturated carbocycles. The second-order valence-electron chi connectivity index (χ2n) is 5.73. The van der Waals surface area contributed by atoms with E-state index in [-0.39, 0.29) is 0 Å². The summed E-state index contributed by atoms with van der Waals surface area (Å²) in [7, 11) is 2.01. The molecule has 0 aliphatic rings. The molecule has 4 nitrogen and oxygen atoms in total. The van der Waals surface area contributed by atoms with Gasteiger partial charge in [-0.2, -0.15) is 0 Å². The highest BCUT2D eigenvalue weighted by Crippen LogP contribution is 2.24. The molecular formula is C20H22N4. The summed E-state index contributed by atoms with van der Waals surface area (Å²) < 4.78 is 0. The average molecular weight is 318 g/mol. The van der Waals surface area contributed by atoms with Crippen LogP contribution in [0, 0.1) is 6.92 Å². The van der Waals surface area contributed by atoms with Gasteiger partial charge in [0.15, 0.2) is 0 Å². The topological polar surface area (TPSA) is 41.0 Å². The van der Waals surface area contributed by atoms with E-state index in [9.17, 15) is 0 Å². The third-order valence-electron chi connectivity index (χ3n) is 3.95. The minimum absolute atomic E-state index is 0.739. The quantitative estimate of drug-likeness (QED) is 0.729. The van der Waals surface area contributed by atoms with Crippen LogP contribution in [0.3, 0.4) is 0 Å². The molecule has 122 valence electrons. The summed E-state index contributed by atoms with van der Waals surface area (Å²) in [6.45, 7) is 4.07. The van der Waals surface area contributed by atoms with Gasteiger partial charge in [-0.3, -0.25) is 0 Å². The van der Waals surface area contributed by atoms with Gasteiger partial charge in [0.25, 0.3) is 0 Å². The van der Waals surface area contributed by atoms with Crippen molar-refractivity contribution in [2.45, 2.75) is 20.3 Å². The number of aryl methyl sites for hydroxylation is 2. The van der Waals surface area contributed by atoms with E-state index < -0.39 is 0 Å². The van der Waals surface area contributed by atoms with Gasteiger partial charge in [-0.05, 0) is 43.2 Å². The second kappa shape index (κ2) is 7.13. The smallest absolute Gasteiger partial charge is 0.138 e. The van der Waals surface area contributed by atoms with Crippen molar-refractivity contribution < 1.29 is 0 Å². The van der Waals surface area contributed by atoms with Crippen LogP contribution in [0.4, 0.5) is 23.0 Å². The van der Waals surface area contributed by atoms with Crippen LogP contribution in [0.5, 0.6) is 0 Å². The third kappa shape index (κ3) is 3.71. The molecule has 0 unspecified atom stereocenters. The molecule has 1 heterocycles. The molecule has 0 saturated heterocycles. The zero-order chi connectivity index (χ0) is 16.9. The zero-order valence-corrected chi connectivity index (χ0v) is 14.3. The largest absolute Gasteiger partial charge is 0.340 e. The first-order chi connectivity index (χ1) is 11.7. The van der Waals surface area contributed by atoms with Crippen molar-refractivity contribution >= 4 is 23.0 Å². The molecule has 0 spiro atoms. The molecule has 4 heteroatoms. The Hall–Kier alpha value is -2.88. The van der Waals surface area contributed by atoms with E-state index >= 15 is 0 Å². The number of nitrogens with zero attached hydrogens (tertiary/aromatic N) is 3. The van der Waals surface area contributed by atoms with Gasteiger partial charge in [0.1, 0.15) is 17.5 Å². The second-order valence-corrected chi connectivity index (χ2v) is 5.73. The Morgan fingerprint density at radius 1 is 0.958 bits per heavy atom. The Balaban J connectivity index is 1.85. The first kappa shape index (κ1) is 16.0. The molecule has 1 aromatic heterocycles. The summed E-state index contributed by atoms with van der Waals surface area (Å²) in [6.07, 6.45) is 1.04. The van der Waals surface area contributed by atoms with Crippen LogP contribution in [-0.2, 0) is 6.42 Å². The summed E-state index contributed by atoms with van der Waals surface area (Å²) in [5.74, 6) is 2.40. The Kier molecular flexibility index (Phi) is 4.75. The minimum Gasteiger partial charge on any atom is -0.340 e. The highest BCUT2D eigenvalue weighted by Gasteiger charge is 2.08. The number of nitrogens with one attached hydrogen (secondary N) is 1. The Bertz CT molecular complexity index is 798. The van der Waals surface area contributed by atoms with Crippen molar-refractivity contribution in [1.82, 2.24) is 9.97 Å². The van der Waals surface area contributed by atoms with Gasteiger partial charge in [-0.1, -0.05) is 37.3 Å². The van der Waals surface area contributed by atoms with Crippen LogP contribution >= 0.6 is 0 Å². The molecule has 2 aromatic carbocycles. The van der Waals surface area contributed by atoms with Crippen molar-refractivity contribution in [3.8, 4) is 0 Å². The number of aromatic nitrogens is 2. The number of rotatable bonds is 5. The molecule has 0 amide bonds. The Morgan fingerprint density at radius 3 is 2.33 bits per heavy atom. The summed E-state index contributed by atoms with van der Waals surface area (Å²) >= 11 is 0. The van der Waals surface area contributed by atoms with Crippen molar-refractivity contribution in [2.24, 2.45) is 0 Å². The summed E-state index contributed by atoms with van der Waals surface area (Å²) in [5.41, 5.74) is 3.44. The maximum Gasteiger partial charge on any atom is 0.138 e. The molecule has 3 aromatic rings. The predicted molar refractivity (Wildman–Crippen MR) is 100 cm³/mol. The van der Waals surface area contributed by atoms with Gasteiger partial charge in [-0.15, -0.1) is 0 Å². The monoisotopic (exact) mass is 318 g/mol. The number of anilines is 4. The molecule has 0 bridgehead atoms. The predicted octanol–water partition coefficient (Wildman–Crippen LogP) is 4.86. The minimum atomic E-state index is 0.739. The van der Waals surface area contributed by atoms with Crippen molar-refractivity contribution in [3.05, 3.63) is 72.1 Å². The Morgan fingerprint density at radius 2 is 1.67 bits per heavy atom. The summed E-state index contributed by atoms with van der Waals surface area (Å²) in [6, 6.07) is 20.6. The lowest BCUT2D eigenvalue weighted by Gasteiger charge is -2.19. The van der Waals surface area contributed by atoms with Crippen LogP contribution in [0.15, 0.2) is 60.7 Å². The lowest BCUT2D eigenvalue weighted by Crippen LogP contribution is -2.12. The summed E-state index contributed by atoms with van der Waals surface area (Å²) in [4.78, 5) is 11.1. The van der Waals surface area contributed by atoms with E-state index in [1.54, 1.807) is 0 Å². The fourth-order valence-electron chi connectivity index (χ4n) is 2.54. The number of benzene rings is 2. The molecule has 0 atom stereocenters. The molecule has 24 heavy (non-hydrogen) atoms. The number of para-hydroxylation sites is 1. The first-order valence-corrected chi connectivity index (χ1v) is 8.16. The van der Waals surface area contributed by atoms with Gasteiger partial charge in [0, 0.05) is 24.5 Å². The molecule has 0 aliphatic heterocycles. The maximum absolute atomic E-state index is 4.55. The molecule has 0 fully saturated rings. The van der Waals surface area contributed by atoms with Crippen LogP contribution in [0.1, 0.15) is 18.3 Å². The third-order valence-corrected chi connectivity index (χ3v) is 3.95. The zero-order valence-electron chi connectivity index (χ0n) is 14.3. The fourth-order valence-corrected chi connectivity index (χ4v) is 2.54. The summed E-state index contributed by atoms with van der Waals surface area (Å²) in [5, 5.41) is 3.37. The van der Waals surface area contributed by atoms with E-state index in [0.717, 1.165) is 35.3 Å². The standard InChI is InChI=1S/C20H22N4/c1-4-16-10-12-17(13-11-16)23-19-14-20(22-15(2)21-19)24(3)18-8-6-5-7-9-18/h5-14H,4H2,1-3H3,(H,21,22,23). The van der Waals surface area contributed by atoms with Gasteiger partial charge in [-0.25, -0.2) is 9.97 Å². The van der Waals surface area contributed by atoms with Crippen molar-refractivity contribution in [1.29, 1.82) is 0 Å². The molecular weight excluding hydrogens is 296 g/mol. The van der Waals surface area contributed by atoms with Gasteiger partial charge >= 0.3 is 0 Å².